The second-order valence-corrected chi connectivity index (χ2v) is 14.5. The molecule has 0 saturated carbocycles. The van der Waals surface area contributed by atoms with Crippen molar-refractivity contribution in [1.29, 1.82) is 0 Å². The van der Waals surface area contributed by atoms with Crippen molar-refractivity contribution < 1.29 is 27.8 Å². The highest BCUT2D eigenvalue weighted by atomic mass is 28.4. The molecule has 0 N–H and O–H groups in total. The highest BCUT2D eigenvalue weighted by Gasteiger charge is 2.50. The Balaban J connectivity index is 1.86. The van der Waals surface area contributed by atoms with Crippen LogP contribution in [0.5, 0.6) is 5.75 Å². The van der Waals surface area contributed by atoms with Gasteiger partial charge in [0, 0.05) is 12.0 Å². The number of ether oxygens (including phenoxy) is 3. The molecular weight excluding hydrogens is 499 g/mol. The summed E-state index contributed by atoms with van der Waals surface area (Å²) in [5, 5.41) is 2.18. The maximum Gasteiger partial charge on any atom is 0.305 e. The standard InChI is InChI=1S/C31H39FO5Si/c1-6-13-30(33)36-23-29(27-22-24(32)18-19-28(27)34-5)35-20-21-37-38(31(2,3)4,25-14-9-7-10-15-25)26-16-11-8-12-17-26/h7-12,14-19,22,29H,6,13,20-21,23H2,1-5H3. The van der Waals surface area contributed by atoms with Gasteiger partial charge in [-0.25, -0.2) is 4.39 Å². The number of methoxy groups -OCH3 is 1. The van der Waals surface area contributed by atoms with Crippen LogP contribution in [0.1, 0.15) is 52.2 Å². The highest BCUT2D eigenvalue weighted by molar-refractivity contribution is 6.99. The summed E-state index contributed by atoms with van der Waals surface area (Å²) in [4.78, 5) is 12.1. The molecule has 7 heteroatoms. The second-order valence-electron chi connectivity index (χ2n) is 10.2. The van der Waals surface area contributed by atoms with Gasteiger partial charge in [-0.3, -0.25) is 4.79 Å². The van der Waals surface area contributed by atoms with Crippen molar-refractivity contribution in [2.45, 2.75) is 51.7 Å². The van der Waals surface area contributed by atoms with E-state index in [4.69, 9.17) is 18.6 Å². The number of esters is 1. The number of hydrogen-bond donors (Lipinski definition) is 0. The number of carbonyl (C=O) groups excluding carboxylic acids is 1. The normalized spacial score (nSPS) is 12.7. The number of benzene rings is 3. The Labute approximate surface area is 227 Å². The summed E-state index contributed by atoms with van der Waals surface area (Å²) in [7, 11) is -1.21. The van der Waals surface area contributed by atoms with E-state index in [9.17, 15) is 9.18 Å². The Bertz CT molecular complexity index is 1110. The molecule has 0 aliphatic carbocycles. The van der Waals surface area contributed by atoms with E-state index in [2.05, 4.69) is 45.0 Å². The Morgan fingerprint density at radius 2 is 1.53 bits per heavy atom. The molecule has 0 aliphatic rings. The number of hydrogen-bond acceptors (Lipinski definition) is 5. The molecule has 0 bridgehead atoms. The quantitative estimate of drug-likeness (QED) is 0.156. The SMILES string of the molecule is CCCC(=O)OCC(OCCO[Si](c1ccccc1)(c1ccccc1)C(C)(C)C)c1cc(F)ccc1OC. The largest absolute Gasteiger partial charge is 0.496 e. The predicted molar refractivity (Wildman–Crippen MR) is 151 cm³/mol. The van der Waals surface area contributed by atoms with E-state index in [0.29, 0.717) is 30.8 Å². The van der Waals surface area contributed by atoms with Crippen molar-refractivity contribution in [2.24, 2.45) is 0 Å². The summed E-state index contributed by atoms with van der Waals surface area (Å²) in [5.41, 5.74) is 0.488. The van der Waals surface area contributed by atoms with Gasteiger partial charge in [-0.2, -0.15) is 0 Å². The molecule has 38 heavy (non-hydrogen) atoms. The summed E-state index contributed by atoms with van der Waals surface area (Å²) in [5.74, 6) is -0.270. The van der Waals surface area contributed by atoms with Gasteiger partial charge in [0.15, 0.2) is 0 Å². The summed E-state index contributed by atoms with van der Waals surface area (Å²) >= 11 is 0. The van der Waals surface area contributed by atoms with Crippen LogP contribution in [0.4, 0.5) is 4.39 Å². The average molecular weight is 539 g/mol. The van der Waals surface area contributed by atoms with E-state index in [1.165, 1.54) is 29.6 Å². The molecule has 0 saturated heterocycles. The first-order valence-electron chi connectivity index (χ1n) is 13.1. The third-order valence-electron chi connectivity index (χ3n) is 6.53. The van der Waals surface area contributed by atoms with Gasteiger partial charge in [-0.1, -0.05) is 88.4 Å². The van der Waals surface area contributed by atoms with Crippen LogP contribution in [0.15, 0.2) is 78.9 Å². The van der Waals surface area contributed by atoms with E-state index in [1.54, 1.807) is 6.07 Å². The molecule has 1 atom stereocenters. The Kier molecular flexibility index (Phi) is 10.6. The van der Waals surface area contributed by atoms with Crippen LogP contribution in [-0.4, -0.2) is 41.2 Å². The monoisotopic (exact) mass is 538 g/mol. The van der Waals surface area contributed by atoms with E-state index >= 15 is 0 Å². The van der Waals surface area contributed by atoms with Crippen molar-refractivity contribution in [1.82, 2.24) is 0 Å². The van der Waals surface area contributed by atoms with E-state index in [1.807, 2.05) is 43.3 Å². The molecular formula is C31H39FO5Si. The van der Waals surface area contributed by atoms with Crippen LogP contribution in [-0.2, 0) is 18.7 Å². The lowest BCUT2D eigenvalue weighted by Gasteiger charge is -2.43. The van der Waals surface area contributed by atoms with E-state index in [0.717, 1.165) is 0 Å². The summed E-state index contributed by atoms with van der Waals surface area (Å²) in [6.07, 6.45) is 0.286. The molecule has 0 heterocycles. The second kappa shape index (κ2) is 13.7. The third kappa shape index (κ3) is 7.10. The molecule has 0 fully saturated rings. The van der Waals surface area contributed by atoms with Gasteiger partial charge >= 0.3 is 5.97 Å². The third-order valence-corrected chi connectivity index (χ3v) is 11.6. The lowest BCUT2D eigenvalue weighted by Crippen LogP contribution is -2.66. The molecule has 1 unspecified atom stereocenters. The van der Waals surface area contributed by atoms with Crippen LogP contribution in [0.25, 0.3) is 0 Å². The zero-order valence-electron chi connectivity index (χ0n) is 23.0. The van der Waals surface area contributed by atoms with Gasteiger partial charge in [0.1, 0.15) is 24.3 Å². The fraction of sp³-hybridized carbons (Fsp3) is 0.387. The van der Waals surface area contributed by atoms with Gasteiger partial charge in [-0.15, -0.1) is 0 Å². The van der Waals surface area contributed by atoms with Crippen molar-refractivity contribution in [3.05, 3.63) is 90.2 Å². The molecule has 3 aromatic carbocycles. The number of halogens is 1. The van der Waals surface area contributed by atoms with Crippen molar-refractivity contribution >= 4 is 24.7 Å². The Morgan fingerprint density at radius 3 is 2.05 bits per heavy atom. The van der Waals surface area contributed by atoms with E-state index in [-0.39, 0.29) is 24.2 Å². The molecule has 0 spiro atoms. The molecule has 204 valence electrons. The number of rotatable bonds is 13. The van der Waals surface area contributed by atoms with Crippen molar-refractivity contribution in [2.75, 3.05) is 26.9 Å². The summed E-state index contributed by atoms with van der Waals surface area (Å²) in [6, 6.07) is 25.0. The van der Waals surface area contributed by atoms with Gasteiger partial charge in [0.25, 0.3) is 8.32 Å². The molecule has 5 nitrogen and oxygen atoms in total. The van der Waals surface area contributed by atoms with E-state index < -0.39 is 20.2 Å². The van der Waals surface area contributed by atoms with Crippen LogP contribution in [0, 0.1) is 5.82 Å². The molecule has 3 rings (SSSR count). The molecule has 0 amide bonds. The first-order valence-corrected chi connectivity index (χ1v) is 15.0. The van der Waals surface area contributed by atoms with Crippen LogP contribution in [0.2, 0.25) is 5.04 Å². The first-order chi connectivity index (χ1) is 18.2. The lowest BCUT2D eigenvalue weighted by atomic mass is 10.1. The minimum Gasteiger partial charge on any atom is -0.496 e. The molecule has 0 radical (unpaired) electrons. The van der Waals surface area contributed by atoms with Crippen LogP contribution >= 0.6 is 0 Å². The first kappa shape index (κ1) is 29.6. The number of carbonyl (C=O) groups is 1. The minimum absolute atomic E-state index is 0.0438. The fourth-order valence-corrected chi connectivity index (χ4v) is 9.32. The average Bonchev–Trinajstić information content (AvgIpc) is 2.91. The topological polar surface area (TPSA) is 54.0 Å². The summed E-state index contributed by atoms with van der Waals surface area (Å²) in [6.45, 7) is 9.05. The van der Waals surface area contributed by atoms with Gasteiger partial charge in [0.2, 0.25) is 0 Å². The zero-order chi connectivity index (χ0) is 27.6. The highest BCUT2D eigenvalue weighted by Crippen LogP contribution is 2.37. The minimum atomic E-state index is -2.72. The van der Waals surface area contributed by atoms with Crippen LogP contribution in [0.3, 0.4) is 0 Å². The maximum absolute atomic E-state index is 14.2. The predicted octanol–water partition coefficient (Wildman–Crippen LogP) is 5.81. The summed E-state index contributed by atoms with van der Waals surface area (Å²) < 4.78 is 38.2. The molecule has 0 aromatic heterocycles. The van der Waals surface area contributed by atoms with Gasteiger partial charge in [-0.05, 0) is 40.0 Å². The fourth-order valence-electron chi connectivity index (χ4n) is 4.78. The zero-order valence-corrected chi connectivity index (χ0v) is 24.0. The Hall–Kier alpha value is -3.00. The van der Waals surface area contributed by atoms with Gasteiger partial charge < -0.3 is 18.6 Å². The maximum atomic E-state index is 14.2. The lowest BCUT2D eigenvalue weighted by molar-refractivity contribution is -0.148. The van der Waals surface area contributed by atoms with Gasteiger partial charge in [0.05, 0.1) is 20.3 Å². The molecule has 3 aromatic rings. The van der Waals surface area contributed by atoms with Crippen LogP contribution < -0.4 is 15.1 Å². The molecule has 0 aliphatic heterocycles. The Morgan fingerprint density at radius 1 is 0.921 bits per heavy atom. The smallest absolute Gasteiger partial charge is 0.305 e. The van der Waals surface area contributed by atoms with Crippen molar-refractivity contribution in [3.8, 4) is 5.75 Å². The van der Waals surface area contributed by atoms with Crippen molar-refractivity contribution in [3.63, 3.8) is 0 Å².